The highest BCUT2D eigenvalue weighted by molar-refractivity contribution is 5.93. The SMILES string of the molecule is COC(=O)c1cc(OC)cc2c1OCCC2. The van der Waals surface area contributed by atoms with E-state index in [0.717, 1.165) is 18.4 Å². The highest BCUT2D eigenvalue weighted by Gasteiger charge is 2.21. The fourth-order valence-corrected chi connectivity index (χ4v) is 1.83. The third-order valence-corrected chi connectivity index (χ3v) is 2.62. The summed E-state index contributed by atoms with van der Waals surface area (Å²) in [5, 5.41) is 0. The first kappa shape index (κ1) is 10.8. The number of hydrogen-bond donors (Lipinski definition) is 0. The molecule has 16 heavy (non-hydrogen) atoms. The van der Waals surface area contributed by atoms with E-state index < -0.39 is 5.97 Å². The Morgan fingerprint density at radius 3 is 2.88 bits per heavy atom. The van der Waals surface area contributed by atoms with Crippen molar-refractivity contribution in [2.75, 3.05) is 20.8 Å². The van der Waals surface area contributed by atoms with Crippen molar-refractivity contribution in [2.24, 2.45) is 0 Å². The van der Waals surface area contributed by atoms with Crippen LogP contribution < -0.4 is 9.47 Å². The maximum atomic E-state index is 11.6. The van der Waals surface area contributed by atoms with Gasteiger partial charge < -0.3 is 14.2 Å². The number of carbonyl (C=O) groups is 1. The zero-order valence-corrected chi connectivity index (χ0v) is 9.41. The quantitative estimate of drug-likeness (QED) is 0.716. The number of aryl methyl sites for hydroxylation is 1. The van der Waals surface area contributed by atoms with Gasteiger partial charge in [0, 0.05) is 0 Å². The van der Waals surface area contributed by atoms with Gasteiger partial charge in [0.1, 0.15) is 17.1 Å². The minimum atomic E-state index is -0.392. The molecular formula is C12H14O4. The minimum absolute atomic E-state index is 0.392. The third-order valence-electron chi connectivity index (χ3n) is 2.62. The molecule has 0 spiro atoms. The molecule has 4 heteroatoms. The first-order valence-corrected chi connectivity index (χ1v) is 5.18. The van der Waals surface area contributed by atoms with Crippen molar-refractivity contribution in [3.8, 4) is 11.5 Å². The van der Waals surface area contributed by atoms with Gasteiger partial charge in [-0.1, -0.05) is 0 Å². The molecule has 0 unspecified atom stereocenters. The molecule has 1 heterocycles. The van der Waals surface area contributed by atoms with Gasteiger partial charge in [0.15, 0.2) is 0 Å². The Kier molecular flexibility index (Phi) is 2.99. The number of fused-ring (bicyclic) bond motifs is 1. The van der Waals surface area contributed by atoms with Crippen molar-refractivity contribution >= 4 is 5.97 Å². The van der Waals surface area contributed by atoms with Crippen molar-refractivity contribution in [3.63, 3.8) is 0 Å². The second kappa shape index (κ2) is 4.43. The first-order valence-electron chi connectivity index (χ1n) is 5.18. The summed E-state index contributed by atoms with van der Waals surface area (Å²) in [5.74, 6) is 0.903. The van der Waals surface area contributed by atoms with Crippen LogP contribution in [0.25, 0.3) is 0 Å². The fourth-order valence-electron chi connectivity index (χ4n) is 1.83. The highest BCUT2D eigenvalue weighted by Crippen LogP contribution is 2.33. The van der Waals surface area contributed by atoms with Crippen LogP contribution in [0, 0.1) is 0 Å². The van der Waals surface area contributed by atoms with Gasteiger partial charge in [-0.05, 0) is 30.5 Å². The molecule has 1 aliphatic heterocycles. The molecule has 0 bridgehead atoms. The normalized spacial score (nSPS) is 13.6. The molecule has 0 amide bonds. The summed E-state index contributed by atoms with van der Waals surface area (Å²) >= 11 is 0. The average Bonchev–Trinajstić information content (AvgIpc) is 2.36. The van der Waals surface area contributed by atoms with E-state index in [2.05, 4.69) is 0 Å². The third kappa shape index (κ3) is 1.83. The number of benzene rings is 1. The van der Waals surface area contributed by atoms with Crippen LogP contribution in [0.5, 0.6) is 11.5 Å². The van der Waals surface area contributed by atoms with Crippen LogP contribution in [-0.4, -0.2) is 26.8 Å². The van der Waals surface area contributed by atoms with Gasteiger partial charge in [0.25, 0.3) is 0 Å². The highest BCUT2D eigenvalue weighted by atomic mass is 16.5. The second-order valence-electron chi connectivity index (χ2n) is 3.61. The zero-order chi connectivity index (χ0) is 11.5. The van der Waals surface area contributed by atoms with E-state index in [1.807, 2.05) is 6.07 Å². The summed E-state index contributed by atoms with van der Waals surface area (Å²) in [4.78, 5) is 11.6. The van der Waals surface area contributed by atoms with E-state index >= 15 is 0 Å². The van der Waals surface area contributed by atoms with Crippen molar-refractivity contribution in [1.82, 2.24) is 0 Å². The maximum Gasteiger partial charge on any atom is 0.341 e. The molecule has 0 saturated carbocycles. The largest absolute Gasteiger partial charge is 0.497 e. The number of ether oxygens (including phenoxy) is 3. The Morgan fingerprint density at radius 2 is 2.19 bits per heavy atom. The molecule has 0 atom stereocenters. The lowest BCUT2D eigenvalue weighted by molar-refractivity contribution is 0.0594. The Labute approximate surface area is 94.1 Å². The fraction of sp³-hybridized carbons (Fsp3) is 0.417. The smallest absolute Gasteiger partial charge is 0.341 e. The summed E-state index contributed by atoms with van der Waals surface area (Å²) in [6.45, 7) is 0.642. The molecule has 86 valence electrons. The number of rotatable bonds is 2. The summed E-state index contributed by atoms with van der Waals surface area (Å²) in [6.07, 6.45) is 1.86. The molecule has 0 N–H and O–H groups in total. The van der Waals surface area contributed by atoms with Gasteiger partial charge in [0.2, 0.25) is 0 Å². The summed E-state index contributed by atoms with van der Waals surface area (Å²) in [5.41, 5.74) is 1.45. The molecular weight excluding hydrogens is 208 g/mol. The lowest BCUT2D eigenvalue weighted by Crippen LogP contribution is -2.14. The van der Waals surface area contributed by atoms with Crippen LogP contribution in [-0.2, 0) is 11.2 Å². The van der Waals surface area contributed by atoms with Crippen molar-refractivity contribution in [2.45, 2.75) is 12.8 Å². The molecule has 0 fully saturated rings. The summed E-state index contributed by atoms with van der Waals surface area (Å²) in [6, 6.07) is 3.55. The molecule has 0 aromatic heterocycles. The van der Waals surface area contributed by atoms with Gasteiger partial charge in [-0.3, -0.25) is 0 Å². The maximum absolute atomic E-state index is 11.6. The predicted molar refractivity (Wildman–Crippen MR) is 58.1 cm³/mol. The van der Waals surface area contributed by atoms with Crippen LogP contribution in [0.15, 0.2) is 12.1 Å². The molecule has 0 radical (unpaired) electrons. The first-order chi connectivity index (χ1) is 7.76. The number of hydrogen-bond acceptors (Lipinski definition) is 4. The lowest BCUT2D eigenvalue weighted by atomic mass is 10.0. The molecule has 0 aliphatic carbocycles. The van der Waals surface area contributed by atoms with Crippen LogP contribution in [0.2, 0.25) is 0 Å². The lowest BCUT2D eigenvalue weighted by Gasteiger charge is -2.20. The van der Waals surface area contributed by atoms with Gasteiger partial charge in [-0.25, -0.2) is 4.79 Å². The van der Waals surface area contributed by atoms with Crippen LogP contribution in [0.1, 0.15) is 22.3 Å². The van der Waals surface area contributed by atoms with Crippen molar-refractivity contribution in [1.29, 1.82) is 0 Å². The van der Waals surface area contributed by atoms with E-state index in [-0.39, 0.29) is 0 Å². The molecule has 1 aliphatic rings. The van der Waals surface area contributed by atoms with E-state index in [1.54, 1.807) is 13.2 Å². The van der Waals surface area contributed by atoms with E-state index in [0.29, 0.717) is 23.7 Å². The van der Waals surface area contributed by atoms with Gasteiger partial charge in [0.05, 0.1) is 20.8 Å². The number of esters is 1. The molecule has 0 saturated heterocycles. The molecule has 1 aromatic carbocycles. The summed E-state index contributed by atoms with van der Waals surface area (Å²) < 4.78 is 15.4. The minimum Gasteiger partial charge on any atom is -0.497 e. The Morgan fingerprint density at radius 1 is 1.38 bits per heavy atom. The van der Waals surface area contributed by atoms with Gasteiger partial charge >= 0.3 is 5.97 Å². The Bertz CT molecular complexity index is 412. The average molecular weight is 222 g/mol. The number of methoxy groups -OCH3 is 2. The molecule has 4 nitrogen and oxygen atoms in total. The summed E-state index contributed by atoms with van der Waals surface area (Å²) in [7, 11) is 2.93. The van der Waals surface area contributed by atoms with E-state index in [9.17, 15) is 4.79 Å². The second-order valence-corrected chi connectivity index (χ2v) is 3.61. The monoisotopic (exact) mass is 222 g/mol. The van der Waals surface area contributed by atoms with Crippen LogP contribution >= 0.6 is 0 Å². The Balaban J connectivity index is 2.51. The Hall–Kier alpha value is -1.71. The topological polar surface area (TPSA) is 44.8 Å². The zero-order valence-electron chi connectivity index (χ0n) is 9.41. The molecule has 1 aromatic rings. The standard InChI is InChI=1S/C12H14O4/c1-14-9-6-8-4-3-5-16-11(8)10(7-9)12(13)15-2/h6-7H,3-5H2,1-2H3. The van der Waals surface area contributed by atoms with Crippen LogP contribution in [0.3, 0.4) is 0 Å². The molecule has 2 rings (SSSR count). The van der Waals surface area contributed by atoms with E-state index in [1.165, 1.54) is 7.11 Å². The van der Waals surface area contributed by atoms with E-state index in [4.69, 9.17) is 14.2 Å². The van der Waals surface area contributed by atoms with Gasteiger partial charge in [-0.2, -0.15) is 0 Å². The van der Waals surface area contributed by atoms with Crippen molar-refractivity contribution < 1.29 is 19.0 Å². The van der Waals surface area contributed by atoms with Crippen molar-refractivity contribution in [3.05, 3.63) is 23.3 Å². The van der Waals surface area contributed by atoms with Gasteiger partial charge in [-0.15, -0.1) is 0 Å². The van der Waals surface area contributed by atoms with Crippen LogP contribution in [0.4, 0.5) is 0 Å². The number of carbonyl (C=O) groups excluding carboxylic acids is 1. The predicted octanol–water partition coefficient (Wildman–Crippen LogP) is 1.81.